The van der Waals surface area contributed by atoms with Crippen LogP contribution in [0.2, 0.25) is 0 Å². The minimum absolute atomic E-state index is 0.0344. The summed E-state index contributed by atoms with van der Waals surface area (Å²) in [6.45, 7) is 11.2. The molecule has 0 radical (unpaired) electrons. The van der Waals surface area contributed by atoms with Crippen molar-refractivity contribution < 1.29 is 9.53 Å². The van der Waals surface area contributed by atoms with Crippen LogP contribution in [0.4, 0.5) is 5.69 Å². The zero-order chi connectivity index (χ0) is 17.4. The van der Waals surface area contributed by atoms with Crippen LogP contribution in [-0.2, 0) is 9.53 Å². The molecule has 0 spiro atoms. The van der Waals surface area contributed by atoms with Gasteiger partial charge < -0.3 is 15.4 Å². The van der Waals surface area contributed by atoms with Crippen molar-refractivity contribution in [2.45, 2.75) is 39.3 Å². The first-order valence-corrected chi connectivity index (χ1v) is 8.95. The number of hydrogen-bond acceptors (Lipinski definition) is 4. The van der Waals surface area contributed by atoms with Gasteiger partial charge in [-0.05, 0) is 25.0 Å². The first-order chi connectivity index (χ1) is 11.5. The van der Waals surface area contributed by atoms with E-state index < -0.39 is 0 Å². The van der Waals surface area contributed by atoms with Gasteiger partial charge in [0.05, 0.1) is 12.7 Å². The summed E-state index contributed by atoms with van der Waals surface area (Å²) < 4.78 is 5.84. The molecule has 5 heteroatoms. The highest BCUT2D eigenvalue weighted by Crippen LogP contribution is 2.09. The average molecular weight is 333 g/mol. The Morgan fingerprint density at radius 3 is 2.75 bits per heavy atom. The van der Waals surface area contributed by atoms with Crippen LogP contribution in [0.25, 0.3) is 0 Å². The topological polar surface area (TPSA) is 53.6 Å². The van der Waals surface area contributed by atoms with Gasteiger partial charge in [0.1, 0.15) is 0 Å². The van der Waals surface area contributed by atoms with Crippen LogP contribution in [0.1, 0.15) is 27.2 Å². The van der Waals surface area contributed by atoms with E-state index in [1.54, 1.807) is 0 Å². The largest absolute Gasteiger partial charge is 0.374 e. The van der Waals surface area contributed by atoms with E-state index in [4.69, 9.17) is 4.74 Å². The third-order valence-electron chi connectivity index (χ3n) is 4.09. The number of hydrogen-bond donors (Lipinski definition) is 2. The highest BCUT2D eigenvalue weighted by molar-refractivity contribution is 5.90. The minimum Gasteiger partial charge on any atom is -0.374 e. The third-order valence-corrected chi connectivity index (χ3v) is 4.09. The fourth-order valence-electron chi connectivity index (χ4n) is 3.00. The van der Waals surface area contributed by atoms with E-state index in [1.165, 1.54) is 0 Å². The van der Waals surface area contributed by atoms with E-state index >= 15 is 0 Å². The summed E-state index contributed by atoms with van der Waals surface area (Å²) >= 11 is 0. The van der Waals surface area contributed by atoms with Crippen LogP contribution < -0.4 is 10.6 Å². The molecule has 0 aromatic heterocycles. The van der Waals surface area contributed by atoms with Crippen LogP contribution in [0.15, 0.2) is 30.3 Å². The molecule has 134 valence electrons. The van der Waals surface area contributed by atoms with Gasteiger partial charge in [-0.2, -0.15) is 0 Å². The third kappa shape index (κ3) is 6.99. The number of carbonyl (C=O) groups is 1. The van der Waals surface area contributed by atoms with Crippen LogP contribution in [0.5, 0.6) is 0 Å². The molecule has 2 rings (SSSR count). The van der Waals surface area contributed by atoms with Gasteiger partial charge in [0.2, 0.25) is 5.91 Å². The summed E-state index contributed by atoms with van der Waals surface area (Å²) in [5.74, 6) is 0.713. The molecule has 1 aliphatic heterocycles. The summed E-state index contributed by atoms with van der Waals surface area (Å²) in [6.07, 6.45) is 0.661. The van der Waals surface area contributed by atoms with E-state index in [0.29, 0.717) is 12.3 Å². The van der Waals surface area contributed by atoms with Crippen molar-refractivity contribution in [3.8, 4) is 0 Å². The normalized spacial score (nSPS) is 20.1. The molecule has 0 bridgehead atoms. The highest BCUT2D eigenvalue weighted by Gasteiger charge is 2.21. The lowest BCUT2D eigenvalue weighted by atomic mass is 10.1. The van der Waals surface area contributed by atoms with Gasteiger partial charge in [-0.3, -0.25) is 9.69 Å². The van der Waals surface area contributed by atoms with E-state index in [9.17, 15) is 4.79 Å². The Hall–Kier alpha value is -1.43. The Bertz CT molecular complexity index is 493. The number of carbonyl (C=O) groups excluding carboxylic acids is 1. The number of morpholine rings is 1. The molecule has 0 unspecified atom stereocenters. The van der Waals surface area contributed by atoms with Crippen molar-refractivity contribution in [2.24, 2.45) is 5.92 Å². The Morgan fingerprint density at radius 2 is 2.04 bits per heavy atom. The van der Waals surface area contributed by atoms with Gasteiger partial charge in [-0.15, -0.1) is 0 Å². The molecular formula is C19H31N3O2. The van der Waals surface area contributed by atoms with E-state index in [1.807, 2.05) is 37.3 Å². The SMILES string of the molecule is CC(C)CN1CCO[C@H](CN[C@@H](C)CC(=O)Nc2ccccc2)C1. The molecule has 0 aliphatic carbocycles. The van der Waals surface area contributed by atoms with E-state index in [0.717, 1.165) is 38.5 Å². The first kappa shape index (κ1) is 18.9. The number of nitrogens with zero attached hydrogens (tertiary/aromatic N) is 1. The zero-order valence-corrected chi connectivity index (χ0v) is 15.1. The number of para-hydroxylation sites is 1. The number of rotatable bonds is 8. The van der Waals surface area contributed by atoms with Crippen molar-refractivity contribution in [3.63, 3.8) is 0 Å². The van der Waals surface area contributed by atoms with Crippen molar-refractivity contribution in [2.75, 3.05) is 38.1 Å². The minimum atomic E-state index is 0.0344. The summed E-state index contributed by atoms with van der Waals surface area (Å²) in [5, 5.41) is 6.35. The molecule has 1 fully saturated rings. The maximum absolute atomic E-state index is 12.1. The van der Waals surface area contributed by atoms with Gasteiger partial charge in [-0.25, -0.2) is 0 Å². The molecule has 5 nitrogen and oxygen atoms in total. The molecule has 0 saturated carbocycles. The standard InChI is InChI=1S/C19H31N3O2/c1-15(2)13-22-9-10-24-18(14-22)12-20-16(3)11-19(23)21-17-7-5-4-6-8-17/h4-8,15-16,18,20H,9-14H2,1-3H3,(H,21,23)/t16-,18+/m0/s1. The lowest BCUT2D eigenvalue weighted by Crippen LogP contribution is -2.49. The van der Waals surface area contributed by atoms with Crippen molar-refractivity contribution in [1.82, 2.24) is 10.2 Å². The molecule has 2 atom stereocenters. The lowest BCUT2D eigenvalue weighted by Gasteiger charge is -2.34. The second-order valence-electron chi connectivity index (χ2n) is 7.07. The molecule has 1 amide bonds. The first-order valence-electron chi connectivity index (χ1n) is 8.95. The molecule has 1 aliphatic rings. The van der Waals surface area contributed by atoms with Crippen LogP contribution in [0, 0.1) is 5.92 Å². The second kappa shape index (κ2) is 9.77. The van der Waals surface area contributed by atoms with Gasteiger partial charge in [0.25, 0.3) is 0 Å². The fourth-order valence-corrected chi connectivity index (χ4v) is 3.00. The molecule has 1 saturated heterocycles. The van der Waals surface area contributed by atoms with Crippen molar-refractivity contribution in [3.05, 3.63) is 30.3 Å². The number of anilines is 1. The predicted molar refractivity (Wildman–Crippen MR) is 98.2 cm³/mol. The van der Waals surface area contributed by atoms with Crippen LogP contribution in [0.3, 0.4) is 0 Å². The van der Waals surface area contributed by atoms with Crippen molar-refractivity contribution in [1.29, 1.82) is 0 Å². The van der Waals surface area contributed by atoms with E-state index in [2.05, 4.69) is 29.4 Å². The fraction of sp³-hybridized carbons (Fsp3) is 0.632. The Labute approximate surface area is 145 Å². The predicted octanol–water partition coefficient (Wildman–Crippen LogP) is 2.35. The maximum Gasteiger partial charge on any atom is 0.225 e. The lowest BCUT2D eigenvalue weighted by molar-refractivity contribution is -0.116. The Kier molecular flexibility index (Phi) is 7.69. The average Bonchev–Trinajstić information content (AvgIpc) is 2.53. The quantitative estimate of drug-likeness (QED) is 0.767. The van der Waals surface area contributed by atoms with Crippen LogP contribution in [-0.4, -0.2) is 55.7 Å². The summed E-state index contributed by atoms with van der Waals surface area (Å²) in [5.41, 5.74) is 0.842. The molecule has 1 heterocycles. The van der Waals surface area contributed by atoms with Crippen LogP contribution >= 0.6 is 0 Å². The number of nitrogens with one attached hydrogen (secondary N) is 2. The molecular weight excluding hydrogens is 302 g/mol. The molecule has 2 N–H and O–H groups in total. The smallest absolute Gasteiger partial charge is 0.225 e. The van der Waals surface area contributed by atoms with Crippen molar-refractivity contribution >= 4 is 11.6 Å². The second-order valence-corrected chi connectivity index (χ2v) is 7.07. The number of amides is 1. The highest BCUT2D eigenvalue weighted by atomic mass is 16.5. The van der Waals surface area contributed by atoms with Gasteiger partial charge in [-0.1, -0.05) is 32.0 Å². The summed E-state index contributed by atoms with van der Waals surface area (Å²) in [4.78, 5) is 14.5. The number of benzene rings is 1. The van der Waals surface area contributed by atoms with E-state index in [-0.39, 0.29) is 18.1 Å². The summed E-state index contributed by atoms with van der Waals surface area (Å²) in [7, 11) is 0. The maximum atomic E-state index is 12.1. The van der Waals surface area contributed by atoms with Gasteiger partial charge in [0, 0.05) is 44.3 Å². The molecule has 1 aromatic carbocycles. The van der Waals surface area contributed by atoms with Gasteiger partial charge >= 0.3 is 0 Å². The Balaban J connectivity index is 1.67. The Morgan fingerprint density at radius 1 is 1.29 bits per heavy atom. The van der Waals surface area contributed by atoms with Gasteiger partial charge in [0.15, 0.2) is 0 Å². The summed E-state index contributed by atoms with van der Waals surface area (Å²) in [6, 6.07) is 9.69. The molecule has 24 heavy (non-hydrogen) atoms. The molecule has 1 aromatic rings. The monoisotopic (exact) mass is 333 g/mol. The number of ether oxygens (including phenoxy) is 1. The zero-order valence-electron chi connectivity index (χ0n) is 15.1.